The molecule has 0 aromatic heterocycles. The molecule has 0 atom stereocenters. The summed E-state index contributed by atoms with van der Waals surface area (Å²) in [4.78, 5) is 28.1. The SMILES string of the molecule is CCCCCCCC/C=C\CCCCCCCC(=O)N(CCNCC(=O)O)OCC.[H-].[Na+]. The van der Waals surface area contributed by atoms with Crippen LogP contribution in [0.2, 0.25) is 0 Å². The molecule has 0 rings (SSSR count). The van der Waals surface area contributed by atoms with Crippen molar-refractivity contribution in [3.05, 3.63) is 12.2 Å². The summed E-state index contributed by atoms with van der Waals surface area (Å²) in [6.45, 7) is 5.19. The minimum absolute atomic E-state index is 0. The Bertz CT molecular complexity index is 454. The molecule has 7 heteroatoms. The molecule has 0 aliphatic rings. The predicted molar refractivity (Wildman–Crippen MR) is 124 cm³/mol. The van der Waals surface area contributed by atoms with Gasteiger partial charge in [-0.3, -0.25) is 14.4 Å². The minimum Gasteiger partial charge on any atom is -1.00 e. The fourth-order valence-electron chi connectivity index (χ4n) is 3.26. The second kappa shape index (κ2) is 25.9. The molecule has 0 saturated carbocycles. The van der Waals surface area contributed by atoms with E-state index in [1.165, 1.54) is 62.9 Å². The number of carboxylic acids is 1. The molecule has 0 spiro atoms. The van der Waals surface area contributed by atoms with E-state index in [0.717, 1.165) is 25.7 Å². The molecule has 0 aromatic carbocycles. The number of carboxylic acid groups (broad SMARTS) is 1. The van der Waals surface area contributed by atoms with Crippen molar-refractivity contribution in [2.45, 2.75) is 104 Å². The van der Waals surface area contributed by atoms with E-state index in [1.54, 1.807) is 0 Å². The number of hydroxylamine groups is 2. The monoisotopic (exact) mass is 450 g/mol. The molecule has 0 aliphatic carbocycles. The van der Waals surface area contributed by atoms with Gasteiger partial charge in [0.15, 0.2) is 0 Å². The minimum atomic E-state index is -0.905. The van der Waals surface area contributed by atoms with Gasteiger partial charge in [0.2, 0.25) is 5.91 Å². The Morgan fingerprint density at radius 3 is 2.00 bits per heavy atom. The summed E-state index contributed by atoms with van der Waals surface area (Å²) in [5.41, 5.74) is 0. The van der Waals surface area contributed by atoms with E-state index < -0.39 is 5.97 Å². The van der Waals surface area contributed by atoms with Crippen molar-refractivity contribution in [3.63, 3.8) is 0 Å². The molecule has 0 aromatic rings. The number of rotatable bonds is 22. The largest absolute Gasteiger partial charge is 1.00 e. The fraction of sp³-hybridized carbons (Fsp3) is 0.833. The van der Waals surface area contributed by atoms with Crippen LogP contribution < -0.4 is 34.9 Å². The smallest absolute Gasteiger partial charge is 1.00 e. The maximum atomic E-state index is 12.2. The first-order valence-corrected chi connectivity index (χ1v) is 12.1. The summed E-state index contributed by atoms with van der Waals surface area (Å²) in [5, 5.41) is 12.8. The third-order valence-corrected chi connectivity index (χ3v) is 4.98. The van der Waals surface area contributed by atoms with E-state index >= 15 is 0 Å². The Morgan fingerprint density at radius 2 is 1.45 bits per heavy atom. The van der Waals surface area contributed by atoms with Gasteiger partial charge in [-0.2, -0.15) is 0 Å². The van der Waals surface area contributed by atoms with Crippen molar-refractivity contribution in [1.29, 1.82) is 0 Å². The Morgan fingerprint density at radius 1 is 0.903 bits per heavy atom. The standard InChI is InChI=1S/C24H46N2O4.Na.H/c1-3-5-6-7-8-9-10-11-12-13-14-15-16-17-18-19-23(27)26(30-4-2)21-20-25-22-24(28)29;;/h11-12,25H,3-10,13-22H2,1-2H3,(H,28,29);;/q;+1;-1/b12-11-;;. The zero-order valence-electron chi connectivity index (χ0n) is 21.5. The molecule has 0 fully saturated rings. The number of aliphatic carboxylic acids is 1. The van der Waals surface area contributed by atoms with E-state index in [4.69, 9.17) is 9.94 Å². The van der Waals surface area contributed by atoms with Gasteiger partial charge in [-0.15, -0.1) is 0 Å². The van der Waals surface area contributed by atoms with Crippen molar-refractivity contribution in [3.8, 4) is 0 Å². The average Bonchev–Trinajstić information content (AvgIpc) is 2.72. The third kappa shape index (κ3) is 24.1. The summed E-state index contributed by atoms with van der Waals surface area (Å²) in [5.74, 6) is -0.927. The van der Waals surface area contributed by atoms with Crippen LogP contribution >= 0.6 is 0 Å². The first-order chi connectivity index (χ1) is 14.6. The van der Waals surface area contributed by atoms with Gasteiger partial charge in [-0.05, 0) is 39.0 Å². The zero-order valence-corrected chi connectivity index (χ0v) is 22.5. The zero-order chi connectivity index (χ0) is 22.3. The fourth-order valence-corrected chi connectivity index (χ4v) is 3.26. The number of carbonyl (C=O) groups excluding carboxylic acids is 1. The van der Waals surface area contributed by atoms with Gasteiger partial charge >= 0.3 is 35.5 Å². The molecule has 6 nitrogen and oxygen atoms in total. The van der Waals surface area contributed by atoms with Crippen molar-refractivity contribution in [2.75, 3.05) is 26.2 Å². The van der Waals surface area contributed by atoms with E-state index in [1.807, 2.05) is 6.92 Å². The first-order valence-electron chi connectivity index (χ1n) is 12.1. The number of unbranched alkanes of at least 4 members (excludes halogenated alkanes) is 11. The van der Waals surface area contributed by atoms with E-state index in [0.29, 0.717) is 26.1 Å². The van der Waals surface area contributed by atoms with Crippen LogP contribution in [-0.4, -0.2) is 48.3 Å². The summed E-state index contributed by atoms with van der Waals surface area (Å²) in [7, 11) is 0. The van der Waals surface area contributed by atoms with Gasteiger partial charge in [-0.25, -0.2) is 5.06 Å². The molecule has 178 valence electrons. The van der Waals surface area contributed by atoms with Crippen LogP contribution in [0.25, 0.3) is 0 Å². The molecule has 0 bridgehead atoms. The van der Waals surface area contributed by atoms with Gasteiger partial charge in [-0.1, -0.05) is 70.4 Å². The number of nitrogens with zero attached hydrogens (tertiary/aromatic N) is 1. The number of allylic oxidation sites excluding steroid dienone is 2. The van der Waals surface area contributed by atoms with E-state index in [9.17, 15) is 9.59 Å². The molecular weight excluding hydrogens is 403 g/mol. The van der Waals surface area contributed by atoms with Crippen LogP contribution in [0.5, 0.6) is 0 Å². The van der Waals surface area contributed by atoms with Crippen LogP contribution in [0.3, 0.4) is 0 Å². The van der Waals surface area contributed by atoms with Crippen LogP contribution in [0, 0.1) is 0 Å². The van der Waals surface area contributed by atoms with E-state index in [2.05, 4.69) is 24.4 Å². The topological polar surface area (TPSA) is 78.9 Å². The second-order valence-corrected chi connectivity index (χ2v) is 7.82. The molecule has 0 heterocycles. The maximum Gasteiger partial charge on any atom is 1.00 e. The van der Waals surface area contributed by atoms with Crippen molar-refractivity contribution in [1.82, 2.24) is 10.4 Å². The van der Waals surface area contributed by atoms with Crippen molar-refractivity contribution in [2.24, 2.45) is 0 Å². The predicted octanol–water partition coefficient (Wildman–Crippen LogP) is 2.59. The molecule has 2 N–H and O–H groups in total. The van der Waals surface area contributed by atoms with Gasteiger partial charge in [0.05, 0.1) is 19.7 Å². The third-order valence-electron chi connectivity index (χ3n) is 4.98. The van der Waals surface area contributed by atoms with Crippen LogP contribution in [-0.2, 0) is 14.4 Å². The van der Waals surface area contributed by atoms with Crippen LogP contribution in [0.1, 0.15) is 105 Å². The Balaban J connectivity index is -0.00000420. The first kappa shape index (κ1) is 32.8. The summed E-state index contributed by atoms with van der Waals surface area (Å²) >= 11 is 0. The van der Waals surface area contributed by atoms with Gasteiger partial charge in [0, 0.05) is 13.0 Å². The number of nitrogens with one attached hydrogen (secondary N) is 1. The van der Waals surface area contributed by atoms with Gasteiger partial charge in [0.25, 0.3) is 0 Å². The van der Waals surface area contributed by atoms with Crippen LogP contribution in [0.15, 0.2) is 12.2 Å². The second-order valence-electron chi connectivity index (χ2n) is 7.82. The molecule has 1 amide bonds. The van der Waals surface area contributed by atoms with Gasteiger partial charge < -0.3 is 11.8 Å². The molecule has 0 aliphatic heterocycles. The Kier molecular flexibility index (Phi) is 27.3. The number of carbonyl (C=O) groups is 2. The number of hydrogen-bond donors (Lipinski definition) is 2. The van der Waals surface area contributed by atoms with E-state index in [-0.39, 0.29) is 43.4 Å². The van der Waals surface area contributed by atoms with Crippen LogP contribution in [0.4, 0.5) is 0 Å². The number of hydrogen-bond acceptors (Lipinski definition) is 4. The van der Waals surface area contributed by atoms with Gasteiger partial charge in [0.1, 0.15) is 0 Å². The molecule has 31 heavy (non-hydrogen) atoms. The Hall–Kier alpha value is -0.400. The number of amides is 1. The maximum absolute atomic E-state index is 12.2. The molecule has 0 radical (unpaired) electrons. The quantitative estimate of drug-likeness (QED) is 0.115. The van der Waals surface area contributed by atoms with Crippen molar-refractivity contribution >= 4 is 11.9 Å². The Labute approximate surface area is 214 Å². The van der Waals surface area contributed by atoms with Crippen molar-refractivity contribution < 1.29 is 50.5 Å². The molecule has 0 unspecified atom stereocenters. The normalized spacial score (nSPS) is 10.9. The molecular formula is C24H47N2NaO4. The summed E-state index contributed by atoms with van der Waals surface area (Å²) in [6.07, 6.45) is 21.2. The summed E-state index contributed by atoms with van der Waals surface area (Å²) in [6, 6.07) is 0. The summed E-state index contributed by atoms with van der Waals surface area (Å²) < 4.78 is 0. The molecule has 0 saturated heterocycles. The average molecular weight is 451 g/mol.